The maximum absolute atomic E-state index is 12.0. The smallest absolute Gasteiger partial charge is 0.410 e. The molecule has 0 aromatic carbocycles. The molecule has 0 saturated carbocycles. The van der Waals surface area contributed by atoms with Crippen LogP contribution in [0, 0.1) is 5.92 Å². The van der Waals surface area contributed by atoms with Crippen molar-refractivity contribution in [3.63, 3.8) is 0 Å². The van der Waals surface area contributed by atoms with Crippen LogP contribution >= 0.6 is 0 Å². The minimum atomic E-state index is -0.484. The first-order valence-electron chi connectivity index (χ1n) is 8.62. The van der Waals surface area contributed by atoms with E-state index in [0.717, 1.165) is 12.8 Å². The van der Waals surface area contributed by atoms with Crippen molar-refractivity contribution in [1.29, 1.82) is 0 Å². The lowest BCUT2D eigenvalue weighted by Gasteiger charge is -2.33. The van der Waals surface area contributed by atoms with Crippen LogP contribution in [0.3, 0.4) is 0 Å². The Morgan fingerprint density at radius 2 is 2.08 bits per heavy atom. The first-order valence-corrected chi connectivity index (χ1v) is 8.62. The fourth-order valence-electron chi connectivity index (χ4n) is 2.65. The van der Waals surface area contributed by atoms with Crippen LogP contribution in [0.2, 0.25) is 0 Å². The number of ether oxygens (including phenoxy) is 1. The number of carbonyl (C=O) groups is 2. The van der Waals surface area contributed by atoms with Crippen molar-refractivity contribution in [1.82, 2.24) is 15.4 Å². The number of nitrogens with one attached hydrogen (secondary N) is 1. The van der Waals surface area contributed by atoms with Gasteiger partial charge < -0.3 is 24.6 Å². The summed E-state index contributed by atoms with van der Waals surface area (Å²) in [6.07, 6.45) is 2.10. The Morgan fingerprint density at radius 3 is 2.64 bits per heavy atom. The largest absolute Gasteiger partial charge is 0.491 e. The van der Waals surface area contributed by atoms with Crippen molar-refractivity contribution in [2.45, 2.75) is 52.1 Å². The van der Waals surface area contributed by atoms with Crippen molar-refractivity contribution in [3.8, 4) is 5.88 Å². The number of likely N-dealkylation sites (tertiary alicyclic amines) is 1. The van der Waals surface area contributed by atoms with Crippen molar-refractivity contribution < 1.29 is 24.0 Å². The summed E-state index contributed by atoms with van der Waals surface area (Å²) in [5.41, 5.74) is -0.484. The van der Waals surface area contributed by atoms with Gasteiger partial charge in [0, 0.05) is 38.5 Å². The van der Waals surface area contributed by atoms with Crippen LogP contribution in [-0.2, 0) is 16.0 Å². The SMILES string of the molecule is CC(C)(C)OC(=O)N1CCC(CNC(=O)CCc2cc(O)no2)CC1. The van der Waals surface area contributed by atoms with Gasteiger partial charge in [0.15, 0.2) is 0 Å². The van der Waals surface area contributed by atoms with E-state index in [-0.39, 0.29) is 24.3 Å². The van der Waals surface area contributed by atoms with E-state index in [1.807, 2.05) is 20.8 Å². The van der Waals surface area contributed by atoms with Gasteiger partial charge >= 0.3 is 6.09 Å². The van der Waals surface area contributed by atoms with Gasteiger partial charge in [-0.2, -0.15) is 0 Å². The number of carbonyl (C=O) groups excluding carboxylic acids is 2. The molecule has 1 aliphatic rings. The highest BCUT2D eigenvalue weighted by Gasteiger charge is 2.26. The predicted molar refractivity (Wildman–Crippen MR) is 90.0 cm³/mol. The van der Waals surface area contributed by atoms with E-state index in [4.69, 9.17) is 14.4 Å². The second kappa shape index (κ2) is 8.22. The standard InChI is InChI=1S/C17H27N3O5/c1-17(2,3)24-16(23)20-8-6-12(7-9-20)11-18-14(21)5-4-13-10-15(22)19-25-13/h10,12H,4-9,11H2,1-3H3,(H,18,21)(H,19,22). The van der Waals surface area contributed by atoms with Gasteiger partial charge in [-0.25, -0.2) is 4.79 Å². The van der Waals surface area contributed by atoms with Gasteiger partial charge in [-0.05, 0) is 44.7 Å². The third-order valence-electron chi connectivity index (χ3n) is 4.00. The lowest BCUT2D eigenvalue weighted by atomic mass is 9.97. The van der Waals surface area contributed by atoms with Crippen molar-refractivity contribution in [2.75, 3.05) is 19.6 Å². The average Bonchev–Trinajstić information content (AvgIpc) is 2.95. The highest BCUT2D eigenvalue weighted by molar-refractivity contribution is 5.76. The molecule has 0 unspecified atom stereocenters. The molecule has 8 heteroatoms. The summed E-state index contributed by atoms with van der Waals surface area (Å²) in [7, 11) is 0. The molecule has 0 bridgehead atoms. The minimum Gasteiger partial charge on any atom is -0.491 e. The van der Waals surface area contributed by atoms with Crippen molar-refractivity contribution in [2.24, 2.45) is 5.92 Å². The Morgan fingerprint density at radius 1 is 1.40 bits per heavy atom. The molecule has 1 saturated heterocycles. The number of aromatic hydroxyl groups is 1. The molecule has 1 aromatic heterocycles. The van der Waals surface area contributed by atoms with Crippen LogP contribution in [0.1, 0.15) is 45.8 Å². The molecular weight excluding hydrogens is 326 g/mol. The Labute approximate surface area is 147 Å². The molecule has 1 aromatic rings. The summed E-state index contributed by atoms with van der Waals surface area (Å²) in [5.74, 6) is 0.605. The maximum Gasteiger partial charge on any atom is 0.410 e. The van der Waals surface area contributed by atoms with Gasteiger partial charge in [-0.1, -0.05) is 0 Å². The van der Waals surface area contributed by atoms with E-state index in [1.54, 1.807) is 4.90 Å². The van der Waals surface area contributed by atoms with E-state index in [2.05, 4.69) is 10.5 Å². The molecule has 0 spiro atoms. The molecule has 0 aliphatic carbocycles. The molecule has 140 valence electrons. The molecule has 2 heterocycles. The minimum absolute atomic E-state index is 0.0644. The van der Waals surface area contributed by atoms with E-state index in [1.165, 1.54) is 6.07 Å². The average molecular weight is 353 g/mol. The monoisotopic (exact) mass is 353 g/mol. The number of nitrogens with zero attached hydrogens (tertiary/aromatic N) is 2. The lowest BCUT2D eigenvalue weighted by molar-refractivity contribution is -0.121. The van der Waals surface area contributed by atoms with Crippen LogP contribution in [0.4, 0.5) is 4.79 Å². The lowest BCUT2D eigenvalue weighted by Crippen LogP contribution is -2.43. The van der Waals surface area contributed by atoms with Gasteiger partial charge in [0.05, 0.1) is 0 Å². The summed E-state index contributed by atoms with van der Waals surface area (Å²) >= 11 is 0. The van der Waals surface area contributed by atoms with Crippen molar-refractivity contribution in [3.05, 3.63) is 11.8 Å². The first kappa shape index (κ1) is 19.1. The summed E-state index contributed by atoms with van der Waals surface area (Å²) in [6.45, 7) is 7.45. The Bertz CT molecular complexity index is 585. The third-order valence-corrected chi connectivity index (χ3v) is 4.00. The Kier molecular flexibility index (Phi) is 6.27. The quantitative estimate of drug-likeness (QED) is 0.840. The Hall–Kier alpha value is -2.25. The summed E-state index contributed by atoms with van der Waals surface area (Å²) in [5, 5.41) is 15.3. The van der Waals surface area contributed by atoms with Crippen LogP contribution < -0.4 is 5.32 Å². The van der Waals surface area contributed by atoms with Crippen LogP contribution in [-0.4, -0.2) is 52.4 Å². The molecular formula is C17H27N3O5. The van der Waals surface area contributed by atoms with Gasteiger partial charge in [-0.15, -0.1) is 0 Å². The van der Waals surface area contributed by atoms with Gasteiger partial charge in [-0.3, -0.25) is 4.79 Å². The predicted octanol–water partition coefficient (Wildman–Crippen LogP) is 2.08. The highest BCUT2D eigenvalue weighted by Crippen LogP contribution is 2.19. The fourth-order valence-corrected chi connectivity index (χ4v) is 2.65. The number of hydrogen-bond acceptors (Lipinski definition) is 6. The zero-order valence-corrected chi connectivity index (χ0v) is 15.1. The van der Waals surface area contributed by atoms with E-state index >= 15 is 0 Å². The Balaban J connectivity index is 1.63. The number of hydrogen-bond donors (Lipinski definition) is 2. The second-order valence-electron chi connectivity index (χ2n) is 7.37. The normalized spacial score (nSPS) is 15.9. The highest BCUT2D eigenvalue weighted by atomic mass is 16.6. The van der Waals surface area contributed by atoms with E-state index in [0.29, 0.717) is 37.7 Å². The zero-order chi connectivity index (χ0) is 18.4. The first-order chi connectivity index (χ1) is 11.7. The number of amides is 2. The fraction of sp³-hybridized carbons (Fsp3) is 0.706. The van der Waals surface area contributed by atoms with Gasteiger partial charge in [0.25, 0.3) is 5.88 Å². The van der Waals surface area contributed by atoms with Crippen LogP contribution in [0.15, 0.2) is 10.6 Å². The molecule has 0 radical (unpaired) electrons. The summed E-state index contributed by atoms with van der Waals surface area (Å²) in [4.78, 5) is 25.6. The van der Waals surface area contributed by atoms with Crippen LogP contribution in [0.5, 0.6) is 5.88 Å². The third kappa shape index (κ3) is 6.64. The molecule has 2 rings (SSSR count). The van der Waals surface area contributed by atoms with Gasteiger partial charge in [0.2, 0.25) is 5.91 Å². The summed E-state index contributed by atoms with van der Waals surface area (Å²) < 4.78 is 10.2. The van der Waals surface area contributed by atoms with E-state index in [9.17, 15) is 9.59 Å². The molecule has 1 aliphatic heterocycles. The number of aromatic nitrogens is 1. The molecule has 2 amide bonds. The number of rotatable bonds is 5. The molecule has 25 heavy (non-hydrogen) atoms. The molecule has 2 N–H and O–H groups in total. The molecule has 8 nitrogen and oxygen atoms in total. The maximum atomic E-state index is 12.0. The van der Waals surface area contributed by atoms with Crippen molar-refractivity contribution >= 4 is 12.0 Å². The summed E-state index contributed by atoms with van der Waals surface area (Å²) in [6, 6.07) is 1.40. The van der Waals surface area contributed by atoms with Crippen LogP contribution in [0.25, 0.3) is 0 Å². The van der Waals surface area contributed by atoms with Gasteiger partial charge in [0.1, 0.15) is 11.4 Å². The number of aryl methyl sites for hydroxylation is 1. The molecule has 0 atom stereocenters. The topological polar surface area (TPSA) is 105 Å². The second-order valence-corrected chi connectivity index (χ2v) is 7.37. The number of piperidine rings is 1. The van der Waals surface area contributed by atoms with E-state index < -0.39 is 5.60 Å². The zero-order valence-electron chi connectivity index (χ0n) is 15.1. The molecule has 1 fully saturated rings.